The molecule has 190 valence electrons. The largest absolute Gasteiger partial charge is 0.473 e. The van der Waals surface area contributed by atoms with Gasteiger partial charge in [-0.05, 0) is 56.5 Å². The van der Waals surface area contributed by atoms with Crippen molar-refractivity contribution < 1.29 is 28.8 Å². The predicted molar refractivity (Wildman–Crippen MR) is 148 cm³/mol. The van der Waals surface area contributed by atoms with Crippen LogP contribution in [0.25, 0.3) is 0 Å². The van der Waals surface area contributed by atoms with Gasteiger partial charge in [0.05, 0.1) is 20.2 Å². The minimum Gasteiger partial charge on any atom is -0.473 e. The fourth-order valence-electron chi connectivity index (χ4n) is 0.434. The maximum Gasteiger partial charge on any atom is 0.432 e. The van der Waals surface area contributed by atoms with Crippen molar-refractivity contribution in [3.05, 3.63) is 0 Å². The van der Waals surface area contributed by atoms with Crippen LogP contribution >= 0.6 is 48.4 Å². The summed E-state index contributed by atoms with van der Waals surface area (Å²) in [6, 6.07) is 0. The summed E-state index contributed by atoms with van der Waals surface area (Å²) < 4.78 is 17.4. The molecule has 1 N–H and O–H groups in total. The average molecular weight is 525 g/mol. The predicted octanol–water partition coefficient (Wildman–Crippen LogP) is 5.08. The van der Waals surface area contributed by atoms with E-state index in [1.807, 2.05) is 18.0 Å². The van der Waals surface area contributed by atoms with Crippen molar-refractivity contribution in [3.8, 4) is 0 Å². The Bertz CT molecular complexity index is 323. The first-order valence-electron chi connectivity index (χ1n) is 9.09. The third kappa shape index (κ3) is 106. The fraction of sp³-hybridized carbons (Fsp3) is 0.789. The van der Waals surface area contributed by atoms with Gasteiger partial charge < -0.3 is 24.1 Å². The lowest BCUT2D eigenvalue weighted by atomic mass is 10.6. The molecule has 0 saturated heterocycles. The molecular formula is C19H44N2O6S4. The van der Waals surface area contributed by atoms with Crippen LogP contribution in [-0.2, 0) is 18.9 Å². The minimum absolute atomic E-state index is 0.181. The van der Waals surface area contributed by atoms with Crippen LogP contribution in [0, 0.1) is 0 Å². The number of thioether (sulfide) groups is 2. The Balaban J connectivity index is -0.0000000617. The van der Waals surface area contributed by atoms with E-state index in [4.69, 9.17) is 5.11 Å². The molecule has 0 aromatic carbocycles. The van der Waals surface area contributed by atoms with Gasteiger partial charge in [0, 0.05) is 26.6 Å². The van der Waals surface area contributed by atoms with Gasteiger partial charge in [-0.25, -0.2) is 9.79 Å². The van der Waals surface area contributed by atoms with E-state index < -0.39 is 6.09 Å². The summed E-state index contributed by atoms with van der Waals surface area (Å²) in [5.74, 6) is 3.06. The quantitative estimate of drug-likeness (QED) is 0.221. The Morgan fingerprint density at radius 1 is 1.00 bits per heavy atom. The fourth-order valence-corrected chi connectivity index (χ4v) is 0.775. The summed E-state index contributed by atoms with van der Waals surface area (Å²) >= 11 is 12.0. The molecule has 0 aliphatic carbocycles. The molecule has 0 bridgehead atoms. The number of thiol groups is 1. The smallest absolute Gasteiger partial charge is 0.432 e. The molecule has 0 aromatic heterocycles. The number of carbonyl (C=O) groups excluding carboxylic acids is 1. The maximum absolute atomic E-state index is 9.99. The number of aliphatic hydroxyl groups excluding tert-OH is 1. The Morgan fingerprint density at radius 2 is 1.42 bits per heavy atom. The normalized spacial score (nSPS) is 8.52. The Morgan fingerprint density at radius 3 is 1.48 bits per heavy atom. The highest BCUT2D eigenvalue weighted by molar-refractivity contribution is 7.98. The van der Waals surface area contributed by atoms with E-state index >= 15 is 0 Å². The second-order valence-corrected chi connectivity index (χ2v) is 6.89. The number of methoxy groups -OCH3 is 4. The molecule has 0 aromatic rings. The highest BCUT2D eigenvalue weighted by atomic mass is 32.2. The van der Waals surface area contributed by atoms with E-state index in [9.17, 15) is 4.79 Å². The molecule has 0 unspecified atom stereocenters. The number of rotatable bonds is 5. The molecule has 0 saturated carbocycles. The maximum atomic E-state index is 9.99. The molecule has 0 heterocycles. The monoisotopic (exact) mass is 524 g/mol. The van der Waals surface area contributed by atoms with Gasteiger partial charge in [-0.15, -0.1) is 11.8 Å². The van der Waals surface area contributed by atoms with E-state index in [2.05, 4.69) is 73.9 Å². The number of aliphatic imine (C=N–C) groups is 2. The molecule has 0 spiro atoms. The zero-order chi connectivity index (χ0) is 25.8. The van der Waals surface area contributed by atoms with Gasteiger partial charge in [0.1, 0.15) is 6.79 Å². The van der Waals surface area contributed by atoms with Gasteiger partial charge in [-0.1, -0.05) is 13.8 Å². The van der Waals surface area contributed by atoms with E-state index in [0.29, 0.717) is 0 Å². The molecule has 8 nitrogen and oxygen atoms in total. The zero-order valence-electron chi connectivity index (χ0n) is 20.7. The Hall–Kier alpha value is -0.370. The standard InChI is InChI=1S/C4H7NO2.C4H7NOS.C3H8OS.2C3H8S.C2H6O2/c1-3-5-4(6)7-2;1-3-5-4(7)6-2;1-4-3-5-2;1-3-4-2;1-2-3-4;1-4-2-3/h2*3H,1-2H3;3H2,1-2H3;3H2,1-2H3;4H,2-3H2,1H3;3H,2H2,1H3. The van der Waals surface area contributed by atoms with Crippen molar-refractivity contribution in [2.45, 2.75) is 34.1 Å². The topological polar surface area (TPSA) is 98.9 Å². The molecule has 1 amide bonds. The number of carbonyl (C=O) groups is 1. The van der Waals surface area contributed by atoms with Gasteiger partial charge in [-0.3, -0.25) is 0 Å². The van der Waals surface area contributed by atoms with Gasteiger partial charge in [-0.2, -0.15) is 29.4 Å². The summed E-state index contributed by atoms with van der Waals surface area (Å²) in [7, 11) is 5.90. The van der Waals surface area contributed by atoms with Crippen LogP contribution in [0.1, 0.15) is 34.1 Å². The van der Waals surface area contributed by atoms with Gasteiger partial charge >= 0.3 is 6.09 Å². The highest BCUT2D eigenvalue weighted by Crippen LogP contribution is 1.86. The van der Waals surface area contributed by atoms with Crippen LogP contribution < -0.4 is 0 Å². The van der Waals surface area contributed by atoms with Crippen molar-refractivity contribution in [3.63, 3.8) is 0 Å². The van der Waals surface area contributed by atoms with Gasteiger partial charge in [0.25, 0.3) is 5.17 Å². The summed E-state index contributed by atoms with van der Waals surface area (Å²) in [6.45, 7) is 7.50. The third-order valence-electron chi connectivity index (χ3n) is 1.70. The third-order valence-corrected chi connectivity index (χ3v) is 3.46. The lowest BCUT2D eigenvalue weighted by Crippen LogP contribution is -1.90. The summed E-state index contributed by atoms with van der Waals surface area (Å²) in [6.07, 6.45) is 7.70. The van der Waals surface area contributed by atoms with Gasteiger partial charge in [0.15, 0.2) is 0 Å². The molecule has 0 aliphatic rings. The Labute approximate surface area is 209 Å². The van der Waals surface area contributed by atoms with Crippen molar-refractivity contribution in [1.82, 2.24) is 0 Å². The molecule has 31 heavy (non-hydrogen) atoms. The van der Waals surface area contributed by atoms with Gasteiger partial charge in [0.2, 0.25) is 0 Å². The second-order valence-electron chi connectivity index (χ2n) is 4.13. The SMILES string of the molecule is CC=NC(=O)OC.CC=NC(=S)OC.CCCS.CCSC.COCO.COCSC. The van der Waals surface area contributed by atoms with Crippen LogP contribution in [0.15, 0.2) is 9.98 Å². The summed E-state index contributed by atoms with van der Waals surface area (Å²) in [5.41, 5.74) is 0. The van der Waals surface area contributed by atoms with Crippen molar-refractivity contribution in [1.29, 1.82) is 0 Å². The van der Waals surface area contributed by atoms with Crippen LogP contribution in [-0.4, -0.2) is 94.0 Å². The van der Waals surface area contributed by atoms with Crippen molar-refractivity contribution in [2.75, 3.05) is 65.2 Å². The lowest BCUT2D eigenvalue weighted by molar-refractivity contribution is 0.0325. The molecular weight excluding hydrogens is 480 g/mol. The molecule has 0 aliphatic heterocycles. The van der Waals surface area contributed by atoms with Crippen LogP contribution in [0.5, 0.6) is 0 Å². The number of amides is 1. The van der Waals surface area contributed by atoms with Crippen molar-refractivity contribution >= 4 is 72.1 Å². The molecule has 12 heteroatoms. The minimum atomic E-state index is -0.553. The number of ether oxygens (including phenoxy) is 4. The van der Waals surface area contributed by atoms with E-state index in [0.717, 1.165) is 11.7 Å². The number of hydrogen-bond donors (Lipinski definition) is 2. The van der Waals surface area contributed by atoms with Crippen LogP contribution in [0.3, 0.4) is 0 Å². The first-order valence-corrected chi connectivity index (χ1v) is 12.9. The zero-order valence-corrected chi connectivity index (χ0v) is 24.1. The average Bonchev–Trinajstić information content (AvgIpc) is 2.81. The number of nitrogens with zero attached hydrogens (tertiary/aromatic N) is 2. The van der Waals surface area contributed by atoms with E-state index in [-0.39, 0.29) is 12.0 Å². The molecule has 0 fully saturated rings. The first-order chi connectivity index (χ1) is 14.8. The second kappa shape index (κ2) is 57.1. The number of aliphatic hydroxyl groups is 1. The molecule has 0 rings (SSSR count). The number of hydrogen-bond acceptors (Lipinski definition) is 10. The summed E-state index contributed by atoms with van der Waals surface area (Å²) in [5, 5.41) is 7.93. The lowest BCUT2D eigenvalue weighted by Gasteiger charge is -1.88. The van der Waals surface area contributed by atoms with E-state index in [1.165, 1.54) is 39.7 Å². The highest BCUT2D eigenvalue weighted by Gasteiger charge is 1.86. The Kier molecular flexibility index (Phi) is 81.6. The number of thiocarbonyl (C=S) groups is 1. The molecule has 0 atom stereocenters. The van der Waals surface area contributed by atoms with Crippen molar-refractivity contribution in [2.24, 2.45) is 9.98 Å². The summed E-state index contributed by atoms with van der Waals surface area (Å²) in [4.78, 5) is 16.9. The first kappa shape index (κ1) is 44.3. The van der Waals surface area contributed by atoms with E-state index in [1.54, 1.807) is 38.9 Å². The molecule has 0 radical (unpaired) electrons. The van der Waals surface area contributed by atoms with Crippen LogP contribution in [0.2, 0.25) is 0 Å². The van der Waals surface area contributed by atoms with Crippen LogP contribution in [0.4, 0.5) is 4.79 Å².